The van der Waals surface area contributed by atoms with E-state index >= 15 is 0 Å². The number of rotatable bonds is 9. The van der Waals surface area contributed by atoms with Crippen LogP contribution in [0.5, 0.6) is 5.75 Å². The van der Waals surface area contributed by atoms with E-state index < -0.39 is 5.91 Å². The number of primary amides is 1. The molecule has 0 aliphatic carbocycles. The Kier molecular flexibility index (Phi) is 7.63. The Bertz CT molecular complexity index is 797. The Labute approximate surface area is 159 Å². The number of halogens is 1. The van der Waals surface area contributed by atoms with Gasteiger partial charge in [-0.3, -0.25) is 14.4 Å². The zero-order chi connectivity index (χ0) is 19.6. The summed E-state index contributed by atoms with van der Waals surface area (Å²) in [5, 5.41) is 5.30. The van der Waals surface area contributed by atoms with Gasteiger partial charge in [0.05, 0.1) is 11.5 Å². The minimum absolute atomic E-state index is 0.0880. The lowest BCUT2D eigenvalue weighted by molar-refractivity contribution is -0.120. The van der Waals surface area contributed by atoms with E-state index in [2.05, 4.69) is 10.6 Å². The maximum Gasteiger partial charge on any atom is 0.255 e. The molecule has 0 saturated carbocycles. The van der Waals surface area contributed by atoms with Crippen molar-refractivity contribution in [2.75, 3.05) is 28.7 Å². The fourth-order valence-corrected chi connectivity index (χ4v) is 2.57. The predicted octanol–water partition coefficient (Wildman–Crippen LogP) is 2.00. The van der Waals surface area contributed by atoms with Gasteiger partial charge < -0.3 is 21.1 Å². The van der Waals surface area contributed by atoms with Crippen molar-refractivity contribution in [1.82, 2.24) is 0 Å². The SMILES string of the molecule is NC(=O)COc1ccc(NC(=O)CSCC(=O)Nc2ccc(F)cc2)cc1. The number of carbonyl (C=O) groups is 3. The molecule has 3 amide bonds. The van der Waals surface area contributed by atoms with Crippen LogP contribution < -0.4 is 21.1 Å². The third-order valence-corrected chi connectivity index (χ3v) is 4.05. The molecule has 0 fully saturated rings. The van der Waals surface area contributed by atoms with Crippen LogP contribution in [0.2, 0.25) is 0 Å². The van der Waals surface area contributed by atoms with E-state index in [0.29, 0.717) is 17.1 Å². The summed E-state index contributed by atoms with van der Waals surface area (Å²) in [5.74, 6) is -0.865. The lowest BCUT2D eigenvalue weighted by Gasteiger charge is -2.08. The normalized spacial score (nSPS) is 10.1. The van der Waals surface area contributed by atoms with E-state index in [1.807, 2.05) is 0 Å². The standard InChI is InChI=1S/C18H18FN3O4S/c19-12-1-3-13(4-2-12)21-17(24)10-27-11-18(25)22-14-5-7-15(8-6-14)26-9-16(20)23/h1-8H,9-11H2,(H2,20,23)(H,21,24)(H,22,25). The molecular weight excluding hydrogens is 373 g/mol. The van der Waals surface area contributed by atoms with Crippen LogP contribution >= 0.6 is 11.8 Å². The van der Waals surface area contributed by atoms with Crippen molar-refractivity contribution >= 4 is 40.9 Å². The lowest BCUT2D eigenvalue weighted by atomic mass is 10.3. The molecule has 0 aliphatic heterocycles. The molecule has 0 saturated heterocycles. The minimum atomic E-state index is -0.576. The summed E-state index contributed by atoms with van der Waals surface area (Å²) in [7, 11) is 0. The summed E-state index contributed by atoms with van der Waals surface area (Å²) in [5.41, 5.74) is 6.04. The first-order valence-electron chi connectivity index (χ1n) is 7.86. The summed E-state index contributed by atoms with van der Waals surface area (Å²) in [6.45, 7) is -0.220. The molecule has 0 aliphatic rings. The fraction of sp³-hybridized carbons (Fsp3) is 0.167. The van der Waals surface area contributed by atoms with Crippen LogP contribution in [0.3, 0.4) is 0 Å². The average Bonchev–Trinajstić information content (AvgIpc) is 2.63. The number of hydrogen-bond acceptors (Lipinski definition) is 5. The fourth-order valence-electron chi connectivity index (χ4n) is 1.95. The van der Waals surface area contributed by atoms with Gasteiger partial charge >= 0.3 is 0 Å². The zero-order valence-corrected chi connectivity index (χ0v) is 15.1. The number of benzene rings is 2. The van der Waals surface area contributed by atoms with Gasteiger partial charge in [-0.15, -0.1) is 11.8 Å². The van der Waals surface area contributed by atoms with Gasteiger partial charge in [0, 0.05) is 11.4 Å². The third-order valence-electron chi connectivity index (χ3n) is 3.11. The summed E-state index contributed by atoms with van der Waals surface area (Å²) >= 11 is 1.15. The van der Waals surface area contributed by atoms with Gasteiger partial charge in [-0.25, -0.2) is 4.39 Å². The molecule has 0 radical (unpaired) electrons. The molecular formula is C18H18FN3O4S. The van der Waals surface area contributed by atoms with Gasteiger partial charge in [0.1, 0.15) is 11.6 Å². The first-order valence-corrected chi connectivity index (χ1v) is 9.02. The molecule has 0 bridgehead atoms. The van der Waals surface area contributed by atoms with Crippen molar-refractivity contribution in [3.63, 3.8) is 0 Å². The highest BCUT2D eigenvalue weighted by Crippen LogP contribution is 2.16. The molecule has 2 rings (SSSR count). The van der Waals surface area contributed by atoms with Crippen LogP contribution in [-0.2, 0) is 14.4 Å². The Morgan fingerprint density at radius 2 is 1.37 bits per heavy atom. The number of hydrogen-bond donors (Lipinski definition) is 3. The molecule has 27 heavy (non-hydrogen) atoms. The van der Waals surface area contributed by atoms with Crippen LogP contribution in [0.15, 0.2) is 48.5 Å². The van der Waals surface area contributed by atoms with Gasteiger partial charge in [-0.1, -0.05) is 0 Å². The molecule has 4 N–H and O–H groups in total. The van der Waals surface area contributed by atoms with E-state index in [9.17, 15) is 18.8 Å². The molecule has 0 unspecified atom stereocenters. The average molecular weight is 391 g/mol. The van der Waals surface area contributed by atoms with Crippen LogP contribution in [-0.4, -0.2) is 35.8 Å². The van der Waals surface area contributed by atoms with E-state index in [1.165, 1.54) is 24.3 Å². The highest BCUT2D eigenvalue weighted by Gasteiger charge is 2.07. The molecule has 0 heterocycles. The largest absolute Gasteiger partial charge is 0.484 e. The smallest absolute Gasteiger partial charge is 0.255 e. The second-order valence-electron chi connectivity index (χ2n) is 5.38. The van der Waals surface area contributed by atoms with E-state index in [-0.39, 0.29) is 35.7 Å². The van der Waals surface area contributed by atoms with Crippen LogP contribution in [0, 0.1) is 5.82 Å². The van der Waals surface area contributed by atoms with Crippen molar-refractivity contribution in [2.45, 2.75) is 0 Å². The monoisotopic (exact) mass is 391 g/mol. The molecule has 2 aromatic carbocycles. The lowest BCUT2D eigenvalue weighted by Crippen LogP contribution is -2.20. The number of carbonyl (C=O) groups excluding carboxylic acids is 3. The Morgan fingerprint density at radius 3 is 1.85 bits per heavy atom. The van der Waals surface area contributed by atoms with Crippen molar-refractivity contribution in [2.24, 2.45) is 5.73 Å². The van der Waals surface area contributed by atoms with Crippen molar-refractivity contribution in [3.05, 3.63) is 54.3 Å². The van der Waals surface area contributed by atoms with Gasteiger partial charge in [-0.05, 0) is 48.5 Å². The van der Waals surface area contributed by atoms with Gasteiger partial charge in [0.2, 0.25) is 11.8 Å². The number of anilines is 2. The van der Waals surface area contributed by atoms with Crippen LogP contribution in [0.4, 0.5) is 15.8 Å². The highest BCUT2D eigenvalue weighted by atomic mass is 32.2. The molecule has 142 valence electrons. The van der Waals surface area contributed by atoms with Gasteiger partial charge in [0.25, 0.3) is 5.91 Å². The predicted molar refractivity (Wildman–Crippen MR) is 102 cm³/mol. The Morgan fingerprint density at radius 1 is 0.889 bits per heavy atom. The number of nitrogens with one attached hydrogen (secondary N) is 2. The Hall–Kier alpha value is -3.07. The maximum absolute atomic E-state index is 12.8. The highest BCUT2D eigenvalue weighted by molar-refractivity contribution is 8.00. The zero-order valence-electron chi connectivity index (χ0n) is 14.2. The van der Waals surface area contributed by atoms with E-state index in [4.69, 9.17) is 10.5 Å². The summed E-state index contributed by atoms with van der Waals surface area (Å²) < 4.78 is 17.9. The van der Waals surface area contributed by atoms with Crippen molar-refractivity contribution in [3.8, 4) is 5.75 Å². The Balaban J connectivity index is 1.68. The second-order valence-corrected chi connectivity index (χ2v) is 6.36. The van der Waals surface area contributed by atoms with Crippen molar-refractivity contribution in [1.29, 1.82) is 0 Å². The number of ether oxygens (including phenoxy) is 1. The van der Waals surface area contributed by atoms with E-state index in [1.54, 1.807) is 24.3 Å². The molecule has 0 atom stereocenters. The molecule has 7 nitrogen and oxygen atoms in total. The number of amides is 3. The van der Waals surface area contributed by atoms with Crippen LogP contribution in [0.1, 0.15) is 0 Å². The van der Waals surface area contributed by atoms with Gasteiger partial charge in [0.15, 0.2) is 6.61 Å². The molecule has 0 aromatic heterocycles. The second kappa shape index (κ2) is 10.2. The summed E-state index contributed by atoms with van der Waals surface area (Å²) in [6, 6.07) is 11.9. The topological polar surface area (TPSA) is 111 Å². The van der Waals surface area contributed by atoms with Gasteiger partial charge in [-0.2, -0.15) is 0 Å². The third kappa shape index (κ3) is 7.78. The molecule has 2 aromatic rings. The number of thioether (sulfide) groups is 1. The minimum Gasteiger partial charge on any atom is -0.484 e. The maximum atomic E-state index is 12.8. The first-order chi connectivity index (χ1) is 12.9. The molecule has 0 spiro atoms. The van der Waals surface area contributed by atoms with Crippen molar-refractivity contribution < 1.29 is 23.5 Å². The number of nitrogens with two attached hydrogens (primary N) is 1. The quantitative estimate of drug-likeness (QED) is 0.606. The molecule has 9 heteroatoms. The summed E-state index contributed by atoms with van der Waals surface area (Å²) in [6.07, 6.45) is 0. The first kappa shape index (κ1) is 20.2. The summed E-state index contributed by atoms with van der Waals surface area (Å²) in [4.78, 5) is 34.3. The van der Waals surface area contributed by atoms with E-state index in [0.717, 1.165) is 11.8 Å². The van der Waals surface area contributed by atoms with Crippen LogP contribution in [0.25, 0.3) is 0 Å².